The van der Waals surface area contributed by atoms with E-state index in [1.165, 1.54) is 24.2 Å². The van der Waals surface area contributed by atoms with Gasteiger partial charge in [-0.25, -0.2) is 4.98 Å². The maximum absolute atomic E-state index is 12.3. The highest BCUT2D eigenvalue weighted by molar-refractivity contribution is 7.20. The van der Waals surface area contributed by atoms with Crippen molar-refractivity contribution in [1.29, 1.82) is 0 Å². The zero-order valence-corrected chi connectivity index (χ0v) is 16.5. The molecule has 0 aliphatic heterocycles. The molecule has 5 nitrogen and oxygen atoms in total. The first-order valence-electron chi connectivity index (χ1n) is 9.10. The Morgan fingerprint density at radius 3 is 2.73 bits per heavy atom. The van der Waals surface area contributed by atoms with Crippen molar-refractivity contribution in [2.24, 2.45) is 0 Å². The molecule has 1 amide bonds. The van der Waals surface area contributed by atoms with Crippen molar-refractivity contribution in [3.8, 4) is 9.88 Å². The molecule has 1 atom stereocenters. The lowest BCUT2D eigenvalue weighted by Gasteiger charge is -2.19. The molecule has 1 N–H and O–H groups in total. The third kappa shape index (κ3) is 5.38. The standard InChI is InChI=1S/C19H24N2O3S2/c1-13(18(23)20-14-7-4-2-3-5-8-14)24-17(22)11-15-12-26-19(21-15)16-9-6-10-25-16/h6,9-10,12-14H,2-5,7-8,11H2,1H3,(H,20,23)/t13-/m0/s1. The van der Waals surface area contributed by atoms with E-state index in [4.69, 9.17) is 4.74 Å². The zero-order valence-electron chi connectivity index (χ0n) is 14.9. The molecule has 0 spiro atoms. The van der Waals surface area contributed by atoms with Gasteiger partial charge in [-0.1, -0.05) is 31.7 Å². The van der Waals surface area contributed by atoms with E-state index in [-0.39, 0.29) is 18.4 Å². The van der Waals surface area contributed by atoms with Gasteiger partial charge in [-0.05, 0) is 31.2 Å². The number of aromatic nitrogens is 1. The summed E-state index contributed by atoms with van der Waals surface area (Å²) in [6.07, 6.45) is 6.10. The van der Waals surface area contributed by atoms with Crippen LogP contribution in [0.25, 0.3) is 9.88 Å². The van der Waals surface area contributed by atoms with E-state index < -0.39 is 12.1 Å². The van der Waals surface area contributed by atoms with E-state index in [9.17, 15) is 9.59 Å². The summed E-state index contributed by atoms with van der Waals surface area (Å²) < 4.78 is 5.31. The van der Waals surface area contributed by atoms with Crippen molar-refractivity contribution in [3.05, 3.63) is 28.6 Å². The summed E-state index contributed by atoms with van der Waals surface area (Å²) >= 11 is 3.13. The number of thiazole rings is 1. The first kappa shape index (κ1) is 19.0. The molecule has 1 fully saturated rings. The molecule has 0 bridgehead atoms. The largest absolute Gasteiger partial charge is 0.452 e. The molecule has 0 unspecified atom stereocenters. The summed E-state index contributed by atoms with van der Waals surface area (Å²) in [5, 5.41) is 7.79. The van der Waals surface area contributed by atoms with Crippen molar-refractivity contribution >= 4 is 34.6 Å². The SMILES string of the molecule is C[C@H](OC(=O)Cc1csc(-c2cccs2)n1)C(=O)NC1CCCCCC1. The molecule has 0 saturated heterocycles. The number of hydrogen-bond acceptors (Lipinski definition) is 6. The molecule has 7 heteroatoms. The molecule has 2 aromatic heterocycles. The highest BCUT2D eigenvalue weighted by atomic mass is 32.1. The van der Waals surface area contributed by atoms with Crippen molar-refractivity contribution in [2.75, 3.05) is 0 Å². The second-order valence-electron chi connectivity index (χ2n) is 6.63. The average Bonchev–Trinajstić information content (AvgIpc) is 3.23. The van der Waals surface area contributed by atoms with E-state index in [0.29, 0.717) is 5.69 Å². The minimum absolute atomic E-state index is 0.0862. The number of carbonyl (C=O) groups is 2. The molecule has 3 rings (SSSR count). The molecular weight excluding hydrogens is 368 g/mol. The van der Waals surface area contributed by atoms with Gasteiger partial charge in [0.05, 0.1) is 17.0 Å². The van der Waals surface area contributed by atoms with Gasteiger partial charge >= 0.3 is 5.97 Å². The molecule has 1 aliphatic rings. The second kappa shape index (κ2) is 9.28. The Balaban J connectivity index is 1.47. The Morgan fingerprint density at radius 1 is 1.27 bits per heavy atom. The smallest absolute Gasteiger partial charge is 0.312 e. The second-order valence-corrected chi connectivity index (χ2v) is 8.43. The van der Waals surface area contributed by atoms with Crippen LogP contribution in [0.15, 0.2) is 22.9 Å². The lowest BCUT2D eigenvalue weighted by atomic mass is 10.1. The van der Waals surface area contributed by atoms with Crippen LogP contribution in [0.1, 0.15) is 51.1 Å². The number of esters is 1. The fraction of sp³-hybridized carbons (Fsp3) is 0.526. The quantitative estimate of drug-likeness (QED) is 0.591. The van der Waals surface area contributed by atoms with Gasteiger partial charge in [0.25, 0.3) is 5.91 Å². The van der Waals surface area contributed by atoms with Gasteiger partial charge in [0.15, 0.2) is 6.10 Å². The molecule has 1 saturated carbocycles. The summed E-state index contributed by atoms with van der Waals surface area (Å²) in [5.74, 6) is -0.626. The normalized spacial score (nSPS) is 16.7. The number of carbonyl (C=O) groups excluding carboxylic acids is 2. The van der Waals surface area contributed by atoms with Crippen LogP contribution in [-0.4, -0.2) is 29.0 Å². The molecule has 2 heterocycles. The van der Waals surface area contributed by atoms with Crippen LogP contribution in [-0.2, 0) is 20.7 Å². The van der Waals surface area contributed by atoms with Gasteiger partial charge in [0, 0.05) is 11.4 Å². The third-order valence-electron chi connectivity index (χ3n) is 4.49. The molecule has 0 aromatic carbocycles. The Hall–Kier alpha value is -1.73. The molecule has 1 aliphatic carbocycles. The predicted octanol–water partition coefficient (Wildman–Crippen LogP) is 4.18. The molecule has 140 valence electrons. The molecule has 2 aromatic rings. The van der Waals surface area contributed by atoms with Gasteiger partial charge in [-0.2, -0.15) is 0 Å². The van der Waals surface area contributed by atoms with Crippen molar-refractivity contribution < 1.29 is 14.3 Å². The highest BCUT2D eigenvalue weighted by Crippen LogP contribution is 2.28. The topological polar surface area (TPSA) is 68.3 Å². The summed E-state index contributed by atoms with van der Waals surface area (Å²) in [6, 6.07) is 4.19. The first-order chi connectivity index (χ1) is 12.6. The van der Waals surface area contributed by atoms with Crippen molar-refractivity contribution in [3.63, 3.8) is 0 Å². The van der Waals surface area contributed by atoms with Crippen LogP contribution < -0.4 is 5.32 Å². The Kier molecular flexibility index (Phi) is 6.80. The van der Waals surface area contributed by atoms with E-state index in [1.54, 1.807) is 18.3 Å². The van der Waals surface area contributed by atoms with Crippen LogP contribution in [0, 0.1) is 0 Å². The maximum Gasteiger partial charge on any atom is 0.312 e. The number of hydrogen-bond donors (Lipinski definition) is 1. The molecule has 26 heavy (non-hydrogen) atoms. The van der Waals surface area contributed by atoms with E-state index in [0.717, 1.165) is 35.6 Å². The third-order valence-corrected chi connectivity index (χ3v) is 6.42. The number of rotatable bonds is 6. The van der Waals surface area contributed by atoms with Gasteiger partial charge in [0.2, 0.25) is 0 Å². The minimum atomic E-state index is -0.777. The van der Waals surface area contributed by atoms with Crippen LogP contribution in [0.3, 0.4) is 0 Å². The van der Waals surface area contributed by atoms with Crippen molar-refractivity contribution in [2.45, 2.75) is 64.0 Å². The summed E-state index contributed by atoms with van der Waals surface area (Å²) in [5.41, 5.74) is 0.680. The number of nitrogens with one attached hydrogen (secondary N) is 1. The first-order valence-corrected chi connectivity index (χ1v) is 10.9. The Bertz CT molecular complexity index is 719. The summed E-state index contributed by atoms with van der Waals surface area (Å²) in [6.45, 7) is 1.63. The monoisotopic (exact) mass is 392 g/mol. The van der Waals surface area contributed by atoms with Crippen LogP contribution in [0.4, 0.5) is 0 Å². The van der Waals surface area contributed by atoms with Gasteiger partial charge in [-0.15, -0.1) is 22.7 Å². The Labute approximate surface area is 161 Å². The number of amides is 1. The lowest BCUT2D eigenvalue weighted by Crippen LogP contribution is -2.42. The van der Waals surface area contributed by atoms with Gasteiger partial charge < -0.3 is 10.1 Å². The number of thiophene rings is 1. The number of ether oxygens (including phenoxy) is 1. The van der Waals surface area contributed by atoms with E-state index in [1.807, 2.05) is 22.9 Å². The maximum atomic E-state index is 12.3. The molecular formula is C19H24N2O3S2. The zero-order chi connectivity index (χ0) is 18.4. The van der Waals surface area contributed by atoms with Crippen LogP contribution in [0.2, 0.25) is 0 Å². The summed E-state index contributed by atoms with van der Waals surface area (Å²) in [7, 11) is 0. The predicted molar refractivity (Wildman–Crippen MR) is 104 cm³/mol. The fourth-order valence-corrected chi connectivity index (χ4v) is 4.72. The molecule has 0 radical (unpaired) electrons. The van der Waals surface area contributed by atoms with Crippen molar-refractivity contribution in [1.82, 2.24) is 10.3 Å². The lowest BCUT2D eigenvalue weighted by molar-refractivity contribution is -0.154. The highest BCUT2D eigenvalue weighted by Gasteiger charge is 2.22. The van der Waals surface area contributed by atoms with Gasteiger partial charge in [0.1, 0.15) is 5.01 Å². The van der Waals surface area contributed by atoms with E-state index in [2.05, 4.69) is 10.3 Å². The minimum Gasteiger partial charge on any atom is -0.452 e. The van der Waals surface area contributed by atoms with Crippen LogP contribution in [0.5, 0.6) is 0 Å². The van der Waals surface area contributed by atoms with Crippen LogP contribution >= 0.6 is 22.7 Å². The van der Waals surface area contributed by atoms with Gasteiger partial charge in [-0.3, -0.25) is 9.59 Å². The summed E-state index contributed by atoms with van der Waals surface area (Å²) in [4.78, 5) is 30.0. The fourth-order valence-electron chi connectivity index (χ4n) is 3.08. The Morgan fingerprint density at radius 2 is 2.04 bits per heavy atom. The average molecular weight is 393 g/mol. The van der Waals surface area contributed by atoms with E-state index >= 15 is 0 Å². The number of nitrogens with zero attached hydrogens (tertiary/aromatic N) is 1.